The van der Waals surface area contributed by atoms with E-state index in [-0.39, 0.29) is 6.61 Å². The van der Waals surface area contributed by atoms with Gasteiger partial charge in [0.25, 0.3) is 0 Å². The van der Waals surface area contributed by atoms with Crippen molar-refractivity contribution < 1.29 is 9.84 Å². The molecule has 0 radical (unpaired) electrons. The van der Waals surface area contributed by atoms with Gasteiger partial charge in [-0.2, -0.15) is 0 Å². The molecule has 0 aliphatic rings. The molecule has 0 bridgehead atoms. The van der Waals surface area contributed by atoms with Gasteiger partial charge in [-0.25, -0.2) is 0 Å². The van der Waals surface area contributed by atoms with Crippen molar-refractivity contribution in [3.63, 3.8) is 0 Å². The summed E-state index contributed by atoms with van der Waals surface area (Å²) in [6, 6.07) is 11.3. The van der Waals surface area contributed by atoms with Crippen molar-refractivity contribution in [2.24, 2.45) is 5.73 Å². The van der Waals surface area contributed by atoms with Gasteiger partial charge in [0, 0.05) is 12.2 Å². The number of ether oxygens (including phenoxy) is 1. The van der Waals surface area contributed by atoms with Crippen LogP contribution in [0.25, 0.3) is 0 Å². The van der Waals surface area contributed by atoms with E-state index in [0.717, 1.165) is 16.8 Å². The molecule has 1 aromatic carbocycles. The summed E-state index contributed by atoms with van der Waals surface area (Å²) in [6.45, 7) is 2.62. The standard InChI is InChI=1S/C15H18N2O2/c1-11-2-7-14(9-17-11)19-10-15(18)13-5-3-12(8-16)4-6-13/h2-7,9,15,18H,8,10,16H2,1H3. The van der Waals surface area contributed by atoms with Crippen molar-refractivity contribution in [2.45, 2.75) is 19.6 Å². The predicted octanol–water partition coefficient (Wildman–Crippen LogP) is 1.96. The molecule has 0 amide bonds. The van der Waals surface area contributed by atoms with E-state index in [1.165, 1.54) is 0 Å². The Labute approximate surface area is 112 Å². The Kier molecular flexibility index (Phi) is 4.49. The van der Waals surface area contributed by atoms with Gasteiger partial charge in [0.2, 0.25) is 0 Å². The van der Waals surface area contributed by atoms with Gasteiger partial charge in [0.05, 0.1) is 6.20 Å². The largest absolute Gasteiger partial charge is 0.489 e. The van der Waals surface area contributed by atoms with Crippen LogP contribution >= 0.6 is 0 Å². The molecule has 1 atom stereocenters. The third-order valence-corrected chi connectivity index (χ3v) is 2.89. The normalized spacial score (nSPS) is 12.2. The monoisotopic (exact) mass is 258 g/mol. The molecule has 2 aromatic rings. The first kappa shape index (κ1) is 13.5. The van der Waals surface area contributed by atoms with Crippen molar-refractivity contribution >= 4 is 0 Å². The smallest absolute Gasteiger partial charge is 0.137 e. The first-order valence-corrected chi connectivity index (χ1v) is 6.21. The first-order chi connectivity index (χ1) is 9.19. The molecule has 4 nitrogen and oxygen atoms in total. The molecule has 0 aliphatic heterocycles. The summed E-state index contributed by atoms with van der Waals surface area (Å²) in [6.07, 6.45) is 0.993. The number of aromatic nitrogens is 1. The number of aryl methyl sites for hydroxylation is 1. The van der Waals surface area contributed by atoms with Gasteiger partial charge in [-0.05, 0) is 30.2 Å². The van der Waals surface area contributed by atoms with Gasteiger partial charge in [-0.1, -0.05) is 24.3 Å². The minimum Gasteiger partial charge on any atom is -0.489 e. The zero-order chi connectivity index (χ0) is 13.7. The van der Waals surface area contributed by atoms with Crippen molar-refractivity contribution in [1.29, 1.82) is 0 Å². The summed E-state index contributed by atoms with van der Waals surface area (Å²) >= 11 is 0. The predicted molar refractivity (Wildman–Crippen MR) is 73.8 cm³/mol. The lowest BCUT2D eigenvalue weighted by molar-refractivity contribution is 0.108. The molecule has 1 heterocycles. The molecule has 1 unspecified atom stereocenters. The summed E-state index contributed by atoms with van der Waals surface area (Å²) in [4.78, 5) is 4.13. The van der Waals surface area contributed by atoms with Crippen LogP contribution in [-0.2, 0) is 6.54 Å². The Morgan fingerprint density at radius 3 is 2.53 bits per heavy atom. The number of nitrogens with zero attached hydrogens (tertiary/aromatic N) is 1. The van der Waals surface area contributed by atoms with Crippen LogP contribution in [0.15, 0.2) is 42.6 Å². The number of aliphatic hydroxyl groups excluding tert-OH is 1. The highest BCUT2D eigenvalue weighted by atomic mass is 16.5. The molecule has 0 aliphatic carbocycles. The van der Waals surface area contributed by atoms with Crippen LogP contribution in [-0.4, -0.2) is 16.7 Å². The minimum absolute atomic E-state index is 0.201. The summed E-state index contributed by atoms with van der Waals surface area (Å²) in [5.74, 6) is 0.656. The minimum atomic E-state index is -0.659. The van der Waals surface area contributed by atoms with Crippen LogP contribution in [0.4, 0.5) is 0 Å². The summed E-state index contributed by atoms with van der Waals surface area (Å²) in [5, 5.41) is 10.0. The van der Waals surface area contributed by atoms with Crippen molar-refractivity contribution in [3.8, 4) is 5.75 Å². The Bertz CT molecular complexity index is 509. The highest BCUT2D eigenvalue weighted by Gasteiger charge is 2.08. The van der Waals surface area contributed by atoms with E-state index in [1.54, 1.807) is 6.20 Å². The molecule has 2 rings (SSSR count). The van der Waals surface area contributed by atoms with Gasteiger partial charge in [0.1, 0.15) is 18.5 Å². The van der Waals surface area contributed by atoms with Crippen LogP contribution < -0.4 is 10.5 Å². The first-order valence-electron chi connectivity index (χ1n) is 6.21. The van der Waals surface area contributed by atoms with Crippen LogP contribution in [0.2, 0.25) is 0 Å². The van der Waals surface area contributed by atoms with E-state index < -0.39 is 6.10 Å². The highest BCUT2D eigenvalue weighted by Crippen LogP contribution is 2.16. The molecule has 19 heavy (non-hydrogen) atoms. The summed E-state index contributed by atoms with van der Waals surface area (Å²) in [5.41, 5.74) is 8.32. The van der Waals surface area contributed by atoms with Crippen LogP contribution in [0.1, 0.15) is 22.9 Å². The van der Waals surface area contributed by atoms with Crippen LogP contribution in [0.3, 0.4) is 0 Å². The average Bonchev–Trinajstić information content (AvgIpc) is 2.46. The van der Waals surface area contributed by atoms with Crippen molar-refractivity contribution in [1.82, 2.24) is 4.98 Å². The maximum atomic E-state index is 10.0. The molecular weight excluding hydrogens is 240 g/mol. The maximum Gasteiger partial charge on any atom is 0.137 e. The average molecular weight is 258 g/mol. The molecule has 4 heteroatoms. The molecule has 0 spiro atoms. The number of hydrogen-bond acceptors (Lipinski definition) is 4. The van der Waals surface area contributed by atoms with Gasteiger partial charge >= 0.3 is 0 Å². The van der Waals surface area contributed by atoms with E-state index in [2.05, 4.69) is 4.98 Å². The lowest BCUT2D eigenvalue weighted by Crippen LogP contribution is -2.10. The molecule has 3 N–H and O–H groups in total. The van der Waals surface area contributed by atoms with Gasteiger partial charge in [0.15, 0.2) is 0 Å². The van der Waals surface area contributed by atoms with Gasteiger partial charge in [-0.15, -0.1) is 0 Å². The fourth-order valence-corrected chi connectivity index (χ4v) is 1.69. The van der Waals surface area contributed by atoms with E-state index in [9.17, 15) is 5.11 Å². The Morgan fingerprint density at radius 1 is 1.21 bits per heavy atom. The highest BCUT2D eigenvalue weighted by molar-refractivity contribution is 5.24. The zero-order valence-corrected chi connectivity index (χ0v) is 10.9. The lowest BCUT2D eigenvalue weighted by atomic mass is 10.1. The van der Waals surface area contributed by atoms with E-state index in [4.69, 9.17) is 10.5 Å². The number of benzene rings is 1. The Hall–Kier alpha value is -1.91. The molecule has 0 saturated carbocycles. The summed E-state index contributed by atoms with van der Waals surface area (Å²) in [7, 11) is 0. The van der Waals surface area contributed by atoms with Gasteiger partial charge < -0.3 is 15.6 Å². The third-order valence-electron chi connectivity index (χ3n) is 2.89. The molecule has 1 aromatic heterocycles. The number of pyridine rings is 1. The molecule has 0 fully saturated rings. The number of aliphatic hydroxyl groups is 1. The number of hydrogen-bond donors (Lipinski definition) is 2. The Balaban J connectivity index is 1.93. The topological polar surface area (TPSA) is 68.4 Å². The van der Waals surface area contributed by atoms with Gasteiger partial charge in [-0.3, -0.25) is 4.98 Å². The quantitative estimate of drug-likeness (QED) is 0.860. The van der Waals surface area contributed by atoms with E-state index >= 15 is 0 Å². The SMILES string of the molecule is Cc1ccc(OCC(O)c2ccc(CN)cc2)cn1. The second-order valence-electron chi connectivity index (χ2n) is 4.41. The molecule has 0 saturated heterocycles. The zero-order valence-electron chi connectivity index (χ0n) is 10.9. The van der Waals surface area contributed by atoms with Crippen LogP contribution in [0, 0.1) is 6.92 Å². The second kappa shape index (κ2) is 6.31. The third kappa shape index (κ3) is 3.77. The lowest BCUT2D eigenvalue weighted by Gasteiger charge is -2.13. The maximum absolute atomic E-state index is 10.0. The second-order valence-corrected chi connectivity index (χ2v) is 4.41. The van der Waals surface area contributed by atoms with Crippen LogP contribution in [0.5, 0.6) is 5.75 Å². The van der Waals surface area contributed by atoms with Crippen molar-refractivity contribution in [3.05, 3.63) is 59.4 Å². The van der Waals surface area contributed by atoms with Crippen molar-refractivity contribution in [2.75, 3.05) is 6.61 Å². The van der Waals surface area contributed by atoms with E-state index in [0.29, 0.717) is 12.3 Å². The molecular formula is C15H18N2O2. The van der Waals surface area contributed by atoms with E-state index in [1.807, 2.05) is 43.3 Å². The molecule has 100 valence electrons. The Morgan fingerprint density at radius 2 is 1.95 bits per heavy atom. The fraction of sp³-hybridized carbons (Fsp3) is 0.267. The summed E-state index contributed by atoms with van der Waals surface area (Å²) < 4.78 is 5.50. The fourth-order valence-electron chi connectivity index (χ4n) is 1.69. The number of rotatable bonds is 5. The number of nitrogens with two attached hydrogens (primary N) is 1.